The number of rotatable bonds is 6. The second kappa shape index (κ2) is 9.27. The Morgan fingerprint density at radius 3 is 2.37 bits per heavy atom. The largest absolute Gasteiger partial charge is 0.483 e. The van der Waals surface area contributed by atoms with Crippen molar-refractivity contribution in [1.82, 2.24) is 4.90 Å². The number of nitrogens with zero attached hydrogens (tertiary/aromatic N) is 1. The van der Waals surface area contributed by atoms with E-state index in [0.717, 1.165) is 17.5 Å². The molecule has 0 saturated carbocycles. The maximum atomic E-state index is 12.5. The molecule has 0 atom stereocenters. The first-order valence-electron chi connectivity index (χ1n) is 10.1. The smallest absolute Gasteiger partial charge is 0.260 e. The fourth-order valence-corrected chi connectivity index (χ4v) is 3.55. The molecule has 1 aliphatic rings. The monoisotopic (exact) mass is 400 g/mol. The van der Waals surface area contributed by atoms with Crippen molar-refractivity contribution in [2.24, 2.45) is 0 Å². The fourth-order valence-electron chi connectivity index (χ4n) is 3.55. The zero-order chi connectivity index (χ0) is 20.8. The van der Waals surface area contributed by atoms with Crippen molar-refractivity contribution >= 4 is 17.5 Å². The minimum atomic E-state index is -0.0762. The predicted molar refractivity (Wildman–Crippen MR) is 116 cm³/mol. The number of hydrogen-bond acceptors (Lipinski definition) is 3. The van der Waals surface area contributed by atoms with Gasteiger partial charge in [-0.3, -0.25) is 9.59 Å². The van der Waals surface area contributed by atoms with Gasteiger partial charge in [0.1, 0.15) is 5.75 Å². The van der Waals surface area contributed by atoms with Crippen molar-refractivity contribution in [3.05, 3.63) is 95.6 Å². The number of benzene rings is 3. The molecule has 0 bridgehead atoms. The molecule has 1 N–H and O–H groups in total. The minimum absolute atomic E-state index is 0.0293. The van der Waals surface area contributed by atoms with Gasteiger partial charge in [-0.15, -0.1) is 0 Å². The van der Waals surface area contributed by atoms with E-state index in [1.54, 1.807) is 0 Å². The third-order valence-corrected chi connectivity index (χ3v) is 5.13. The lowest BCUT2D eigenvalue weighted by atomic mass is 10.1. The quantitative estimate of drug-likeness (QED) is 0.684. The van der Waals surface area contributed by atoms with Gasteiger partial charge in [0, 0.05) is 24.3 Å². The van der Waals surface area contributed by atoms with Gasteiger partial charge in [-0.2, -0.15) is 0 Å². The lowest BCUT2D eigenvalue weighted by molar-refractivity contribution is -0.133. The Labute approximate surface area is 176 Å². The van der Waals surface area contributed by atoms with Crippen molar-refractivity contribution in [1.29, 1.82) is 0 Å². The van der Waals surface area contributed by atoms with E-state index in [1.165, 1.54) is 5.56 Å². The number of anilines is 1. The molecule has 5 nitrogen and oxygen atoms in total. The number of carbonyl (C=O) groups is 2. The highest BCUT2D eigenvalue weighted by Gasteiger charge is 2.22. The van der Waals surface area contributed by atoms with Gasteiger partial charge in [0.25, 0.3) is 5.91 Å². The van der Waals surface area contributed by atoms with E-state index in [1.807, 2.05) is 71.6 Å². The summed E-state index contributed by atoms with van der Waals surface area (Å²) in [6.45, 7) is 1.11. The molecular weight excluding hydrogens is 376 g/mol. The third-order valence-electron chi connectivity index (χ3n) is 5.13. The summed E-state index contributed by atoms with van der Waals surface area (Å²) in [5, 5.41) is 2.95. The summed E-state index contributed by atoms with van der Waals surface area (Å²) >= 11 is 0. The summed E-state index contributed by atoms with van der Waals surface area (Å²) in [5.74, 6) is 0.580. The normalized spacial score (nSPS) is 13.2. The molecule has 0 fully saturated rings. The molecule has 3 aromatic carbocycles. The van der Waals surface area contributed by atoms with Crippen molar-refractivity contribution in [2.45, 2.75) is 19.4 Å². The highest BCUT2D eigenvalue weighted by molar-refractivity contribution is 5.92. The molecule has 0 aliphatic carbocycles. The SMILES string of the molecule is O=C(Cc1ccccc1)Nc1ccc2c(c1)CN(CCc1ccccc1)C(=O)CO2. The Hall–Kier alpha value is -3.60. The molecule has 0 saturated heterocycles. The number of fused-ring (bicyclic) bond motifs is 1. The van der Waals surface area contributed by atoms with Gasteiger partial charge in [-0.05, 0) is 35.7 Å². The Bertz CT molecular complexity index is 1020. The van der Waals surface area contributed by atoms with Crippen LogP contribution in [0.5, 0.6) is 5.75 Å². The minimum Gasteiger partial charge on any atom is -0.483 e. The molecule has 1 heterocycles. The summed E-state index contributed by atoms with van der Waals surface area (Å²) in [7, 11) is 0. The zero-order valence-corrected chi connectivity index (χ0v) is 16.7. The Morgan fingerprint density at radius 2 is 1.63 bits per heavy atom. The first kappa shape index (κ1) is 19.7. The lowest BCUT2D eigenvalue weighted by Gasteiger charge is -2.20. The molecular formula is C25H24N2O3. The van der Waals surface area contributed by atoms with Gasteiger partial charge in [0.2, 0.25) is 5.91 Å². The van der Waals surface area contributed by atoms with Crippen LogP contribution in [0.1, 0.15) is 16.7 Å². The van der Waals surface area contributed by atoms with Gasteiger partial charge >= 0.3 is 0 Å². The van der Waals surface area contributed by atoms with Crippen LogP contribution in [0, 0.1) is 0 Å². The number of amides is 2. The van der Waals surface area contributed by atoms with E-state index in [-0.39, 0.29) is 18.4 Å². The van der Waals surface area contributed by atoms with Crippen LogP contribution >= 0.6 is 0 Å². The third kappa shape index (κ3) is 5.06. The number of carbonyl (C=O) groups excluding carboxylic acids is 2. The van der Waals surface area contributed by atoms with Crippen molar-refractivity contribution < 1.29 is 14.3 Å². The average molecular weight is 400 g/mol. The molecule has 5 heteroatoms. The van der Waals surface area contributed by atoms with Gasteiger partial charge in [0.15, 0.2) is 6.61 Å². The first-order chi connectivity index (χ1) is 14.7. The molecule has 3 aromatic rings. The van der Waals surface area contributed by atoms with Crippen molar-refractivity contribution in [3.63, 3.8) is 0 Å². The number of hydrogen-bond donors (Lipinski definition) is 1. The first-order valence-corrected chi connectivity index (χ1v) is 10.1. The standard InChI is InChI=1S/C25H24N2O3/c28-24(15-20-9-5-2-6-10-20)26-22-11-12-23-21(16-22)17-27(25(29)18-30-23)14-13-19-7-3-1-4-8-19/h1-12,16H,13-15,17-18H2,(H,26,28). The zero-order valence-electron chi connectivity index (χ0n) is 16.7. The van der Waals surface area contributed by atoms with Crippen molar-refractivity contribution in [3.8, 4) is 5.75 Å². The maximum absolute atomic E-state index is 12.5. The highest BCUT2D eigenvalue weighted by atomic mass is 16.5. The molecule has 4 rings (SSSR count). The molecule has 1 aliphatic heterocycles. The molecule has 0 radical (unpaired) electrons. The van der Waals surface area contributed by atoms with E-state index in [4.69, 9.17) is 4.74 Å². The molecule has 152 valence electrons. The molecule has 30 heavy (non-hydrogen) atoms. The summed E-state index contributed by atoms with van der Waals surface area (Å²) in [6.07, 6.45) is 1.10. The van der Waals surface area contributed by atoms with Crippen LogP contribution in [0.3, 0.4) is 0 Å². The number of ether oxygens (including phenoxy) is 1. The highest BCUT2D eigenvalue weighted by Crippen LogP contribution is 2.27. The summed E-state index contributed by atoms with van der Waals surface area (Å²) in [5.41, 5.74) is 3.76. The second-order valence-electron chi connectivity index (χ2n) is 7.37. The topological polar surface area (TPSA) is 58.6 Å². The van der Waals surface area contributed by atoms with Crippen LogP contribution in [0.2, 0.25) is 0 Å². The lowest BCUT2D eigenvalue weighted by Crippen LogP contribution is -2.34. The van der Waals surface area contributed by atoms with Crippen LogP contribution in [-0.2, 0) is 29.0 Å². The second-order valence-corrected chi connectivity index (χ2v) is 7.37. The fraction of sp³-hybridized carbons (Fsp3) is 0.200. The van der Waals surface area contributed by atoms with E-state index < -0.39 is 0 Å². The van der Waals surface area contributed by atoms with Crippen molar-refractivity contribution in [2.75, 3.05) is 18.5 Å². The average Bonchev–Trinajstić information content (AvgIpc) is 2.92. The Morgan fingerprint density at radius 1 is 0.933 bits per heavy atom. The molecule has 0 unspecified atom stereocenters. The van der Waals surface area contributed by atoms with Crippen LogP contribution in [0.4, 0.5) is 5.69 Å². The van der Waals surface area contributed by atoms with E-state index in [9.17, 15) is 9.59 Å². The Balaban J connectivity index is 1.43. The van der Waals surface area contributed by atoms with Gasteiger partial charge < -0.3 is 15.0 Å². The summed E-state index contributed by atoms with van der Waals surface area (Å²) in [4.78, 5) is 26.7. The van der Waals surface area contributed by atoms with Crippen LogP contribution in [-0.4, -0.2) is 29.9 Å². The predicted octanol–water partition coefficient (Wildman–Crippen LogP) is 3.83. The molecule has 0 aromatic heterocycles. The Kier molecular flexibility index (Phi) is 6.09. The summed E-state index contributed by atoms with van der Waals surface area (Å²) < 4.78 is 5.69. The van der Waals surface area contributed by atoms with E-state index in [2.05, 4.69) is 17.4 Å². The van der Waals surface area contributed by atoms with Crippen LogP contribution in [0.25, 0.3) is 0 Å². The van der Waals surface area contributed by atoms with E-state index >= 15 is 0 Å². The molecule has 0 spiro atoms. The van der Waals surface area contributed by atoms with Gasteiger partial charge in [-0.1, -0.05) is 60.7 Å². The number of nitrogens with one attached hydrogen (secondary N) is 1. The van der Waals surface area contributed by atoms with Gasteiger partial charge in [-0.25, -0.2) is 0 Å². The van der Waals surface area contributed by atoms with Crippen LogP contribution < -0.4 is 10.1 Å². The van der Waals surface area contributed by atoms with Gasteiger partial charge in [0.05, 0.1) is 6.42 Å². The van der Waals surface area contributed by atoms with Crippen LogP contribution in [0.15, 0.2) is 78.9 Å². The van der Waals surface area contributed by atoms with E-state index in [0.29, 0.717) is 30.9 Å². The molecule has 2 amide bonds. The maximum Gasteiger partial charge on any atom is 0.260 e. The summed E-state index contributed by atoms with van der Waals surface area (Å²) in [6, 6.07) is 25.3.